The van der Waals surface area contributed by atoms with E-state index in [0.717, 1.165) is 23.0 Å². The zero-order chi connectivity index (χ0) is 11.0. The van der Waals surface area contributed by atoms with E-state index < -0.39 is 0 Å². The average Bonchev–Trinajstić information content (AvgIpc) is 2.51. The summed E-state index contributed by atoms with van der Waals surface area (Å²) in [6, 6.07) is 5.61. The molecule has 0 fully saturated rings. The van der Waals surface area contributed by atoms with Gasteiger partial charge in [-0.25, -0.2) is 0 Å². The van der Waals surface area contributed by atoms with Gasteiger partial charge in [-0.1, -0.05) is 35.3 Å². The number of aliphatic hydroxyl groups excluding tert-OH is 1. The molecular formula is C11H11Cl2NO. The van der Waals surface area contributed by atoms with Gasteiger partial charge in [-0.2, -0.15) is 0 Å². The summed E-state index contributed by atoms with van der Waals surface area (Å²) in [6.45, 7) is 2.66. The molecule has 2 aromatic rings. The molecule has 1 aromatic heterocycles. The number of rotatable bonds is 2. The predicted molar refractivity (Wildman–Crippen MR) is 63.6 cm³/mol. The van der Waals surface area contributed by atoms with Crippen molar-refractivity contribution < 1.29 is 5.11 Å². The van der Waals surface area contributed by atoms with Crippen molar-refractivity contribution in [1.29, 1.82) is 0 Å². The van der Waals surface area contributed by atoms with E-state index >= 15 is 0 Å². The van der Waals surface area contributed by atoms with Crippen molar-refractivity contribution in [2.45, 2.75) is 20.1 Å². The zero-order valence-electron chi connectivity index (χ0n) is 8.30. The van der Waals surface area contributed by atoms with Crippen LogP contribution in [0.15, 0.2) is 18.2 Å². The highest BCUT2D eigenvalue weighted by atomic mass is 35.5. The lowest BCUT2D eigenvalue weighted by molar-refractivity contribution is 0.283. The molecule has 2 nitrogen and oxygen atoms in total. The first-order valence-corrected chi connectivity index (χ1v) is 5.52. The highest BCUT2D eigenvalue weighted by Gasteiger charge is 2.15. The Hall–Kier alpha value is -0.700. The minimum Gasteiger partial charge on any atom is -0.392 e. The van der Waals surface area contributed by atoms with E-state index in [1.54, 1.807) is 0 Å². The smallest absolute Gasteiger partial charge is 0.115 e. The van der Waals surface area contributed by atoms with Crippen LogP contribution in [0.2, 0.25) is 10.2 Å². The number of hydrogen-bond donors (Lipinski definition) is 1. The van der Waals surface area contributed by atoms with Crippen molar-refractivity contribution in [2.24, 2.45) is 0 Å². The van der Waals surface area contributed by atoms with Crippen LogP contribution in [0.1, 0.15) is 12.5 Å². The minimum atomic E-state index is -0.0668. The topological polar surface area (TPSA) is 25.2 Å². The third kappa shape index (κ3) is 1.53. The monoisotopic (exact) mass is 243 g/mol. The summed E-state index contributed by atoms with van der Waals surface area (Å²) in [5, 5.41) is 11.4. The fraction of sp³-hybridized carbons (Fsp3) is 0.273. The third-order valence-corrected chi connectivity index (χ3v) is 3.28. The predicted octanol–water partition coefficient (Wildman–Crippen LogP) is 3.46. The van der Waals surface area contributed by atoms with Gasteiger partial charge in [0.05, 0.1) is 17.1 Å². The molecule has 15 heavy (non-hydrogen) atoms. The molecule has 0 unspecified atom stereocenters. The molecule has 0 radical (unpaired) electrons. The Morgan fingerprint density at radius 2 is 2.07 bits per heavy atom. The highest BCUT2D eigenvalue weighted by Crippen LogP contribution is 2.34. The van der Waals surface area contributed by atoms with Gasteiger partial charge in [0.2, 0.25) is 0 Å². The van der Waals surface area contributed by atoms with Crippen molar-refractivity contribution in [1.82, 2.24) is 4.57 Å². The Labute approximate surface area is 98.0 Å². The molecule has 1 N–H and O–H groups in total. The van der Waals surface area contributed by atoms with E-state index in [-0.39, 0.29) is 6.61 Å². The summed E-state index contributed by atoms with van der Waals surface area (Å²) in [7, 11) is 0. The fourth-order valence-electron chi connectivity index (χ4n) is 1.85. The van der Waals surface area contributed by atoms with E-state index in [0.29, 0.717) is 10.2 Å². The second-order valence-corrected chi connectivity index (χ2v) is 4.07. The van der Waals surface area contributed by atoms with E-state index in [1.807, 2.05) is 29.7 Å². The number of halogens is 2. The van der Waals surface area contributed by atoms with Crippen molar-refractivity contribution in [2.75, 3.05) is 0 Å². The summed E-state index contributed by atoms with van der Waals surface area (Å²) in [6.07, 6.45) is 0. The summed E-state index contributed by atoms with van der Waals surface area (Å²) in [5.41, 5.74) is 1.65. The second kappa shape index (κ2) is 4.05. The van der Waals surface area contributed by atoms with Crippen LogP contribution < -0.4 is 0 Å². The third-order valence-electron chi connectivity index (χ3n) is 2.54. The molecule has 2 rings (SSSR count). The lowest BCUT2D eigenvalue weighted by Crippen LogP contribution is -1.94. The van der Waals surface area contributed by atoms with E-state index in [2.05, 4.69) is 0 Å². The number of aromatic nitrogens is 1. The molecule has 0 saturated heterocycles. The van der Waals surface area contributed by atoms with Crippen LogP contribution in [-0.4, -0.2) is 9.67 Å². The lowest BCUT2D eigenvalue weighted by Gasteiger charge is -2.03. The standard InChI is InChI=1S/C11H11Cl2NO/c1-2-14-10-7(4-3-5-9(10)12)8(6-15)11(14)13/h3-5,15H,2,6H2,1H3. The van der Waals surface area contributed by atoms with Crippen molar-refractivity contribution in [3.8, 4) is 0 Å². The molecule has 1 heterocycles. The Balaban J connectivity index is 2.92. The van der Waals surface area contributed by atoms with Crippen molar-refractivity contribution in [3.05, 3.63) is 33.9 Å². The molecule has 0 atom stereocenters. The second-order valence-electron chi connectivity index (χ2n) is 3.31. The molecule has 0 aliphatic rings. The van der Waals surface area contributed by atoms with Crippen molar-refractivity contribution in [3.63, 3.8) is 0 Å². The summed E-state index contributed by atoms with van der Waals surface area (Å²) in [4.78, 5) is 0. The number of aliphatic hydroxyl groups is 1. The molecule has 1 aromatic carbocycles. The number of fused-ring (bicyclic) bond motifs is 1. The SMILES string of the molecule is CCn1c(Cl)c(CO)c2cccc(Cl)c21. The van der Waals surface area contributed by atoms with Gasteiger partial charge in [0.15, 0.2) is 0 Å². The number of para-hydroxylation sites is 1. The molecule has 0 aliphatic heterocycles. The van der Waals surface area contributed by atoms with Crippen LogP contribution in [-0.2, 0) is 13.2 Å². The van der Waals surface area contributed by atoms with Crippen LogP contribution in [0, 0.1) is 0 Å². The van der Waals surface area contributed by atoms with Crippen LogP contribution >= 0.6 is 23.2 Å². The Kier molecular flexibility index (Phi) is 2.91. The normalized spacial score (nSPS) is 11.2. The molecule has 4 heteroatoms. The Morgan fingerprint density at radius 1 is 1.33 bits per heavy atom. The van der Waals surface area contributed by atoms with Gasteiger partial charge in [0, 0.05) is 17.5 Å². The zero-order valence-corrected chi connectivity index (χ0v) is 9.81. The van der Waals surface area contributed by atoms with Crippen LogP contribution in [0.3, 0.4) is 0 Å². The maximum absolute atomic E-state index is 9.28. The number of hydrogen-bond acceptors (Lipinski definition) is 1. The molecular weight excluding hydrogens is 233 g/mol. The van der Waals surface area contributed by atoms with Gasteiger partial charge < -0.3 is 9.67 Å². The number of nitrogens with zero attached hydrogens (tertiary/aromatic N) is 1. The molecule has 0 spiro atoms. The van der Waals surface area contributed by atoms with E-state index in [4.69, 9.17) is 23.2 Å². The Bertz CT molecular complexity index is 505. The molecule has 80 valence electrons. The van der Waals surface area contributed by atoms with E-state index in [9.17, 15) is 5.11 Å². The molecule has 0 amide bonds. The average molecular weight is 244 g/mol. The maximum atomic E-state index is 9.28. The molecule has 0 saturated carbocycles. The minimum absolute atomic E-state index is 0.0668. The molecule has 0 bridgehead atoms. The van der Waals surface area contributed by atoms with Gasteiger partial charge in [0.1, 0.15) is 5.15 Å². The number of benzene rings is 1. The first-order chi connectivity index (χ1) is 7.20. The van der Waals surface area contributed by atoms with E-state index in [1.165, 1.54) is 0 Å². The van der Waals surface area contributed by atoms with Crippen LogP contribution in [0.4, 0.5) is 0 Å². The highest BCUT2D eigenvalue weighted by molar-refractivity contribution is 6.37. The summed E-state index contributed by atoms with van der Waals surface area (Å²) >= 11 is 12.3. The maximum Gasteiger partial charge on any atom is 0.115 e. The van der Waals surface area contributed by atoms with Crippen LogP contribution in [0.25, 0.3) is 10.9 Å². The lowest BCUT2D eigenvalue weighted by atomic mass is 10.2. The quantitative estimate of drug-likeness (QED) is 0.859. The fourth-order valence-corrected chi connectivity index (χ4v) is 2.49. The first kappa shape index (κ1) is 10.8. The first-order valence-electron chi connectivity index (χ1n) is 4.76. The summed E-state index contributed by atoms with van der Waals surface area (Å²) < 4.78 is 1.91. The van der Waals surface area contributed by atoms with Crippen molar-refractivity contribution >= 4 is 34.1 Å². The Morgan fingerprint density at radius 3 is 2.67 bits per heavy atom. The van der Waals surface area contributed by atoms with Crippen LogP contribution in [0.5, 0.6) is 0 Å². The van der Waals surface area contributed by atoms with Gasteiger partial charge in [-0.15, -0.1) is 0 Å². The molecule has 0 aliphatic carbocycles. The van der Waals surface area contributed by atoms with Gasteiger partial charge in [0.25, 0.3) is 0 Å². The number of aryl methyl sites for hydroxylation is 1. The summed E-state index contributed by atoms with van der Waals surface area (Å²) in [5.74, 6) is 0. The largest absolute Gasteiger partial charge is 0.392 e. The van der Waals surface area contributed by atoms with Gasteiger partial charge in [-0.05, 0) is 13.0 Å². The van der Waals surface area contributed by atoms with Gasteiger partial charge in [-0.3, -0.25) is 0 Å². The van der Waals surface area contributed by atoms with Gasteiger partial charge >= 0.3 is 0 Å².